The van der Waals surface area contributed by atoms with Crippen LogP contribution in [0.4, 0.5) is 0 Å². The van der Waals surface area contributed by atoms with Crippen molar-refractivity contribution in [2.75, 3.05) is 7.05 Å². The monoisotopic (exact) mass is 159 g/mol. The summed E-state index contributed by atoms with van der Waals surface area (Å²) in [5.74, 6) is 0.617. The lowest BCUT2D eigenvalue weighted by Gasteiger charge is -1.94. The third-order valence-corrected chi connectivity index (χ3v) is 2.35. The highest BCUT2D eigenvalue weighted by Crippen LogP contribution is 2.38. The Labute approximate surface area is 67.5 Å². The molecule has 1 N–H and O–H groups in total. The molecule has 0 aromatic rings. The summed E-state index contributed by atoms with van der Waals surface area (Å²) in [6, 6.07) is 0.648. The Kier molecular flexibility index (Phi) is 2.75. The van der Waals surface area contributed by atoms with Gasteiger partial charge in [0.1, 0.15) is 0 Å². The Balaban J connectivity index is 2.32. The van der Waals surface area contributed by atoms with E-state index >= 15 is 0 Å². The van der Waals surface area contributed by atoms with Crippen molar-refractivity contribution in [1.82, 2.24) is 5.32 Å². The molecule has 0 amide bonds. The Morgan fingerprint density at radius 2 is 2.50 bits per heavy atom. The van der Waals surface area contributed by atoms with Crippen molar-refractivity contribution in [3.63, 3.8) is 0 Å². The van der Waals surface area contributed by atoms with Crippen molar-refractivity contribution in [1.29, 1.82) is 0 Å². The summed E-state index contributed by atoms with van der Waals surface area (Å²) in [5.41, 5.74) is 0. The zero-order valence-corrected chi connectivity index (χ0v) is 7.28. The van der Waals surface area contributed by atoms with E-state index in [1.165, 1.54) is 6.42 Å². The van der Waals surface area contributed by atoms with Crippen LogP contribution in [0.3, 0.4) is 0 Å². The predicted octanol–water partition coefficient (Wildman–Crippen LogP) is 2.13. The molecule has 1 aliphatic carbocycles. The highest BCUT2D eigenvalue weighted by Gasteiger charge is 2.37. The molecule has 10 heavy (non-hydrogen) atoms. The molecule has 1 fully saturated rings. The molecule has 1 nitrogen and oxygen atoms in total. The summed E-state index contributed by atoms with van der Waals surface area (Å²) in [4.78, 5) is 0. The highest BCUT2D eigenvalue weighted by atomic mass is 35.5. The van der Waals surface area contributed by atoms with E-state index in [1.54, 1.807) is 0 Å². The molecule has 1 saturated carbocycles. The van der Waals surface area contributed by atoms with E-state index < -0.39 is 0 Å². The van der Waals surface area contributed by atoms with Crippen LogP contribution in [-0.2, 0) is 0 Å². The maximum atomic E-state index is 5.97. The Hall–Kier alpha value is -0.0100. The molecule has 2 unspecified atom stereocenters. The molecule has 0 saturated heterocycles. The quantitative estimate of drug-likeness (QED) is 0.666. The maximum absolute atomic E-state index is 5.97. The fourth-order valence-electron chi connectivity index (χ4n) is 1.17. The molecule has 1 rings (SSSR count). The summed E-state index contributed by atoms with van der Waals surface area (Å²) in [6.45, 7) is 2.11. The molecule has 0 bridgehead atoms. The van der Waals surface area contributed by atoms with Gasteiger partial charge in [-0.05, 0) is 19.9 Å². The second-order valence-corrected chi connectivity index (χ2v) is 3.17. The van der Waals surface area contributed by atoms with Gasteiger partial charge in [0.25, 0.3) is 0 Å². The molecule has 2 atom stereocenters. The Bertz CT molecular complexity index is 142. The van der Waals surface area contributed by atoms with Crippen LogP contribution < -0.4 is 5.32 Å². The molecule has 2 heteroatoms. The molecule has 1 aliphatic rings. The van der Waals surface area contributed by atoms with Crippen LogP contribution in [0.1, 0.15) is 19.8 Å². The molecule has 0 aliphatic heterocycles. The van der Waals surface area contributed by atoms with Gasteiger partial charge >= 0.3 is 0 Å². The van der Waals surface area contributed by atoms with Gasteiger partial charge in [-0.25, -0.2) is 0 Å². The number of halogens is 1. The zero-order chi connectivity index (χ0) is 7.56. The third kappa shape index (κ3) is 1.74. The average molecular weight is 160 g/mol. The van der Waals surface area contributed by atoms with Gasteiger partial charge in [-0.2, -0.15) is 0 Å². The molecule has 58 valence electrons. The van der Waals surface area contributed by atoms with E-state index in [-0.39, 0.29) is 0 Å². The van der Waals surface area contributed by atoms with Crippen molar-refractivity contribution in [3.05, 3.63) is 11.1 Å². The van der Waals surface area contributed by atoms with Crippen molar-refractivity contribution in [2.24, 2.45) is 5.92 Å². The van der Waals surface area contributed by atoms with Crippen LogP contribution in [0, 0.1) is 5.92 Å². The molecule has 0 aromatic heterocycles. The second kappa shape index (κ2) is 3.40. The minimum Gasteiger partial charge on any atom is -0.316 e. The first-order valence-electron chi connectivity index (χ1n) is 3.82. The summed E-state index contributed by atoms with van der Waals surface area (Å²) in [6.07, 6.45) is 4.36. The summed E-state index contributed by atoms with van der Waals surface area (Å²) in [7, 11) is 1.99. The Morgan fingerprint density at radius 3 is 2.90 bits per heavy atom. The SMILES string of the molecule is CC/C=C(/Cl)C1CC1NC. The van der Waals surface area contributed by atoms with Crippen molar-refractivity contribution >= 4 is 11.6 Å². The standard InChI is InChI=1S/C8H14ClN/c1-3-4-7(9)6-5-8(6)10-2/h4,6,8,10H,3,5H2,1-2H3/b7-4+. The summed E-state index contributed by atoms with van der Waals surface area (Å²) < 4.78 is 0. The maximum Gasteiger partial charge on any atom is 0.0188 e. The fraction of sp³-hybridized carbons (Fsp3) is 0.750. The third-order valence-electron chi connectivity index (χ3n) is 1.91. The normalized spacial score (nSPS) is 32.5. The van der Waals surface area contributed by atoms with Gasteiger partial charge in [-0.15, -0.1) is 0 Å². The minimum atomic E-state index is 0.617. The largest absolute Gasteiger partial charge is 0.316 e. The lowest BCUT2D eigenvalue weighted by atomic mass is 10.3. The van der Waals surface area contributed by atoms with E-state index in [1.807, 2.05) is 7.05 Å². The van der Waals surface area contributed by atoms with E-state index in [2.05, 4.69) is 18.3 Å². The van der Waals surface area contributed by atoms with Gasteiger partial charge in [-0.1, -0.05) is 24.6 Å². The van der Waals surface area contributed by atoms with Gasteiger partial charge in [0.2, 0.25) is 0 Å². The predicted molar refractivity (Wildman–Crippen MR) is 45.2 cm³/mol. The van der Waals surface area contributed by atoms with Crippen LogP contribution in [0.25, 0.3) is 0 Å². The van der Waals surface area contributed by atoms with Crippen LogP contribution in [0.2, 0.25) is 0 Å². The highest BCUT2D eigenvalue weighted by molar-refractivity contribution is 6.30. The summed E-state index contributed by atoms with van der Waals surface area (Å²) >= 11 is 5.97. The van der Waals surface area contributed by atoms with E-state index in [0.717, 1.165) is 11.5 Å². The number of nitrogens with one attached hydrogen (secondary N) is 1. The first kappa shape index (κ1) is 8.09. The lowest BCUT2D eigenvalue weighted by molar-refractivity contribution is 0.769. The molecular formula is C8H14ClN. The van der Waals surface area contributed by atoms with E-state index in [9.17, 15) is 0 Å². The number of rotatable bonds is 3. The number of allylic oxidation sites excluding steroid dienone is 1. The molecular weight excluding hydrogens is 146 g/mol. The molecule has 0 radical (unpaired) electrons. The molecule has 0 spiro atoms. The smallest absolute Gasteiger partial charge is 0.0188 e. The fourth-order valence-corrected chi connectivity index (χ4v) is 1.56. The Morgan fingerprint density at radius 1 is 1.80 bits per heavy atom. The number of hydrogen-bond acceptors (Lipinski definition) is 1. The molecule has 0 aromatic carbocycles. The summed E-state index contributed by atoms with van der Waals surface area (Å²) in [5, 5.41) is 4.25. The van der Waals surface area contributed by atoms with Gasteiger partial charge in [0.15, 0.2) is 0 Å². The van der Waals surface area contributed by atoms with Crippen LogP contribution in [0.5, 0.6) is 0 Å². The van der Waals surface area contributed by atoms with Gasteiger partial charge in [0.05, 0.1) is 0 Å². The second-order valence-electron chi connectivity index (χ2n) is 2.73. The van der Waals surface area contributed by atoms with E-state index in [0.29, 0.717) is 12.0 Å². The first-order chi connectivity index (χ1) is 4.79. The zero-order valence-electron chi connectivity index (χ0n) is 6.52. The first-order valence-corrected chi connectivity index (χ1v) is 4.20. The van der Waals surface area contributed by atoms with Crippen LogP contribution in [0.15, 0.2) is 11.1 Å². The number of hydrogen-bond donors (Lipinski definition) is 1. The van der Waals surface area contributed by atoms with Crippen molar-refractivity contribution < 1.29 is 0 Å². The molecule has 0 heterocycles. The van der Waals surface area contributed by atoms with Crippen molar-refractivity contribution in [3.8, 4) is 0 Å². The van der Waals surface area contributed by atoms with Gasteiger partial charge in [0, 0.05) is 17.0 Å². The van der Waals surface area contributed by atoms with Crippen LogP contribution in [-0.4, -0.2) is 13.1 Å². The van der Waals surface area contributed by atoms with Crippen LogP contribution >= 0.6 is 11.6 Å². The van der Waals surface area contributed by atoms with Crippen molar-refractivity contribution in [2.45, 2.75) is 25.8 Å². The van der Waals surface area contributed by atoms with E-state index in [4.69, 9.17) is 11.6 Å². The van der Waals surface area contributed by atoms with Gasteiger partial charge < -0.3 is 5.32 Å². The van der Waals surface area contributed by atoms with Gasteiger partial charge in [-0.3, -0.25) is 0 Å². The topological polar surface area (TPSA) is 12.0 Å². The lowest BCUT2D eigenvalue weighted by Crippen LogP contribution is -2.10. The average Bonchev–Trinajstić information content (AvgIpc) is 2.66. The minimum absolute atomic E-state index is 0.617.